The number of rotatable bonds is 5. The average molecular weight is 282 g/mol. The van der Waals surface area contributed by atoms with Crippen LogP contribution < -0.4 is 0 Å². The van der Waals surface area contributed by atoms with Crippen LogP contribution in [-0.4, -0.2) is 21.5 Å². The Morgan fingerprint density at radius 2 is 1.84 bits per heavy atom. The van der Waals surface area contributed by atoms with E-state index in [0.717, 1.165) is 12.7 Å². The Kier molecular flexibility index (Phi) is 5.47. The molecule has 0 amide bonds. The van der Waals surface area contributed by atoms with Gasteiger partial charge < -0.3 is 4.74 Å². The fourth-order valence-electron chi connectivity index (χ4n) is 1.14. The highest BCUT2D eigenvalue weighted by atomic mass is 32.2. The molecule has 102 valence electrons. The molecule has 6 heteroatoms. The third-order valence-electron chi connectivity index (χ3n) is 2.11. The van der Waals surface area contributed by atoms with E-state index in [0.29, 0.717) is 5.41 Å². The van der Waals surface area contributed by atoms with E-state index in [2.05, 4.69) is 4.18 Å². The lowest BCUT2D eigenvalue weighted by Crippen LogP contribution is -2.05. The topological polar surface area (TPSA) is 69.7 Å². The smallest absolute Gasteiger partial charge is 0.339 e. The van der Waals surface area contributed by atoms with Crippen molar-refractivity contribution in [2.45, 2.75) is 6.92 Å². The molecule has 0 atom stereocenters. The number of carbonyl (C=O) groups is 1. The quantitative estimate of drug-likeness (QED) is 0.358. The number of hydrogen-bond donors (Lipinski definition) is 0. The van der Waals surface area contributed by atoms with Crippen molar-refractivity contribution in [3.05, 3.63) is 53.1 Å². The monoisotopic (exact) mass is 282 g/mol. The highest BCUT2D eigenvalue weighted by molar-refractivity contribution is 7.89. The van der Waals surface area contributed by atoms with Crippen LogP contribution in [0.15, 0.2) is 47.6 Å². The van der Waals surface area contributed by atoms with E-state index in [1.807, 2.05) is 30.3 Å². The highest BCUT2D eigenvalue weighted by Gasteiger charge is 2.10. The largest absolute Gasteiger partial charge is 0.431 e. The summed E-state index contributed by atoms with van der Waals surface area (Å²) in [5.41, 5.74) is 0.793. The van der Waals surface area contributed by atoms with Crippen LogP contribution in [0.1, 0.15) is 12.5 Å². The molecule has 0 aliphatic carbocycles. The Morgan fingerprint density at radius 1 is 1.21 bits per heavy atom. The molecular weight excluding hydrogens is 268 g/mol. The average Bonchev–Trinajstić information content (AvgIpc) is 2.39. The van der Waals surface area contributed by atoms with E-state index in [1.54, 1.807) is 6.08 Å². The number of ether oxygens (including phenoxy) is 1. The molecule has 19 heavy (non-hydrogen) atoms. The maximum absolute atomic E-state index is 11.5. The summed E-state index contributed by atoms with van der Waals surface area (Å²) in [6, 6.07) is 9.23. The third-order valence-corrected chi connectivity index (χ3v) is 3.22. The molecule has 5 nitrogen and oxygen atoms in total. The van der Waals surface area contributed by atoms with Crippen LogP contribution in [0.3, 0.4) is 0 Å². The van der Waals surface area contributed by atoms with Crippen molar-refractivity contribution in [1.82, 2.24) is 0 Å². The zero-order chi connectivity index (χ0) is 14.3. The van der Waals surface area contributed by atoms with E-state index in [-0.39, 0.29) is 5.57 Å². The molecule has 0 aliphatic heterocycles. The fraction of sp³-hybridized carbons (Fsp3) is 0.154. The number of esters is 1. The summed E-state index contributed by atoms with van der Waals surface area (Å²) in [4.78, 5) is 11.5. The van der Waals surface area contributed by atoms with Crippen molar-refractivity contribution >= 4 is 22.2 Å². The number of carbonyl (C=O) groups excluding carboxylic acids is 1. The van der Waals surface area contributed by atoms with Crippen molar-refractivity contribution in [2.24, 2.45) is 0 Å². The Hall–Kier alpha value is -1.92. The van der Waals surface area contributed by atoms with Gasteiger partial charge >= 0.3 is 5.97 Å². The van der Waals surface area contributed by atoms with Crippen LogP contribution in [0.4, 0.5) is 0 Å². The zero-order valence-corrected chi connectivity index (χ0v) is 11.4. The SMILES string of the molecule is COS(=O)(=O)C=C(C)C(=O)OC=Cc1ccccc1. The molecule has 0 spiro atoms. The first kappa shape index (κ1) is 15.1. The normalized spacial score (nSPS) is 12.6. The zero-order valence-electron chi connectivity index (χ0n) is 10.6. The minimum absolute atomic E-state index is 0.0699. The predicted molar refractivity (Wildman–Crippen MR) is 71.3 cm³/mol. The molecule has 0 radical (unpaired) electrons. The van der Waals surface area contributed by atoms with Gasteiger partial charge in [0.2, 0.25) is 0 Å². The van der Waals surface area contributed by atoms with Crippen LogP contribution in [-0.2, 0) is 23.8 Å². The summed E-state index contributed by atoms with van der Waals surface area (Å²) in [5.74, 6) is -0.757. The summed E-state index contributed by atoms with van der Waals surface area (Å²) in [7, 11) is -2.81. The second-order valence-corrected chi connectivity index (χ2v) is 5.13. The van der Waals surface area contributed by atoms with Gasteiger partial charge in [-0.1, -0.05) is 30.3 Å². The van der Waals surface area contributed by atoms with Gasteiger partial charge in [-0.05, 0) is 18.6 Å². The first-order chi connectivity index (χ1) is 8.94. The number of benzene rings is 1. The first-order valence-corrected chi connectivity index (χ1v) is 6.83. The van der Waals surface area contributed by atoms with Gasteiger partial charge in [0.1, 0.15) is 0 Å². The van der Waals surface area contributed by atoms with Crippen LogP contribution in [0.5, 0.6) is 0 Å². The van der Waals surface area contributed by atoms with Crippen LogP contribution >= 0.6 is 0 Å². The highest BCUT2D eigenvalue weighted by Crippen LogP contribution is 2.05. The molecule has 1 aromatic carbocycles. The summed E-state index contributed by atoms with van der Waals surface area (Å²) in [6.45, 7) is 1.33. The van der Waals surface area contributed by atoms with Crippen LogP contribution in [0.25, 0.3) is 6.08 Å². The van der Waals surface area contributed by atoms with E-state index >= 15 is 0 Å². The van der Waals surface area contributed by atoms with Crippen molar-refractivity contribution in [3.63, 3.8) is 0 Å². The summed E-state index contributed by atoms with van der Waals surface area (Å²) in [5, 5.41) is 0.714. The Morgan fingerprint density at radius 3 is 2.42 bits per heavy atom. The summed E-state index contributed by atoms with van der Waals surface area (Å²) < 4.78 is 31.2. The Labute approximate surface area is 112 Å². The maximum Gasteiger partial charge on any atom is 0.339 e. The van der Waals surface area contributed by atoms with Crippen LogP contribution in [0, 0.1) is 0 Å². The molecule has 0 aliphatic rings. The van der Waals surface area contributed by atoms with E-state index in [4.69, 9.17) is 4.74 Å². The standard InChI is InChI=1S/C13H14O5S/c1-11(10-19(15,16)17-2)13(14)18-9-8-12-6-4-3-5-7-12/h3-10H,1-2H3. The molecule has 0 saturated carbocycles. The molecule has 0 N–H and O–H groups in total. The van der Waals surface area contributed by atoms with Crippen molar-refractivity contribution in [1.29, 1.82) is 0 Å². The first-order valence-electron chi connectivity index (χ1n) is 5.36. The van der Waals surface area contributed by atoms with Gasteiger partial charge in [0.15, 0.2) is 0 Å². The minimum Gasteiger partial charge on any atom is -0.431 e. The Bertz CT molecular complexity index is 585. The molecule has 0 unspecified atom stereocenters. The molecule has 0 heterocycles. The van der Waals surface area contributed by atoms with Crippen molar-refractivity contribution in [2.75, 3.05) is 7.11 Å². The van der Waals surface area contributed by atoms with Gasteiger partial charge in [0.25, 0.3) is 10.1 Å². The van der Waals surface area contributed by atoms with Crippen LogP contribution in [0.2, 0.25) is 0 Å². The molecule has 0 saturated heterocycles. The number of hydrogen-bond acceptors (Lipinski definition) is 5. The van der Waals surface area contributed by atoms with E-state index in [1.165, 1.54) is 13.2 Å². The lowest BCUT2D eigenvalue weighted by Gasteiger charge is -1.99. The second-order valence-electron chi connectivity index (χ2n) is 3.58. The third kappa shape index (κ3) is 5.50. The van der Waals surface area contributed by atoms with Gasteiger partial charge in [-0.2, -0.15) is 8.42 Å². The maximum atomic E-state index is 11.5. The second kappa shape index (κ2) is 6.86. The van der Waals surface area contributed by atoms with Crippen molar-refractivity contribution < 1.29 is 22.1 Å². The Balaban J connectivity index is 2.64. The van der Waals surface area contributed by atoms with Gasteiger partial charge in [-0.15, -0.1) is 0 Å². The summed E-state index contributed by atoms with van der Waals surface area (Å²) >= 11 is 0. The van der Waals surface area contributed by atoms with Gasteiger partial charge in [0.05, 0.1) is 18.8 Å². The van der Waals surface area contributed by atoms with E-state index < -0.39 is 16.1 Å². The predicted octanol–water partition coefficient (Wildman–Crippen LogP) is 2.08. The minimum atomic E-state index is -3.83. The van der Waals surface area contributed by atoms with Gasteiger partial charge in [0, 0.05) is 5.57 Å². The van der Waals surface area contributed by atoms with Gasteiger partial charge in [-0.3, -0.25) is 4.18 Å². The molecular formula is C13H14O5S. The summed E-state index contributed by atoms with van der Waals surface area (Å²) in [6.07, 6.45) is 2.80. The lowest BCUT2D eigenvalue weighted by atomic mass is 10.2. The van der Waals surface area contributed by atoms with E-state index in [9.17, 15) is 13.2 Å². The fourth-order valence-corrected chi connectivity index (χ4v) is 1.77. The molecule has 0 fully saturated rings. The molecule has 1 aromatic rings. The van der Waals surface area contributed by atoms with Crippen molar-refractivity contribution in [3.8, 4) is 0 Å². The lowest BCUT2D eigenvalue weighted by molar-refractivity contribution is -0.133. The molecule has 1 rings (SSSR count). The molecule has 0 aromatic heterocycles. The molecule has 0 bridgehead atoms. The van der Waals surface area contributed by atoms with Gasteiger partial charge in [-0.25, -0.2) is 4.79 Å².